The fraction of sp³-hybridized carbons (Fsp3) is 0.455. The van der Waals surface area contributed by atoms with Gasteiger partial charge in [-0.1, -0.05) is 11.6 Å². The first-order valence-electron chi connectivity index (χ1n) is 5.26. The van der Waals surface area contributed by atoms with E-state index in [1.54, 1.807) is 18.0 Å². The number of anilines is 1. The van der Waals surface area contributed by atoms with Crippen LogP contribution in [-0.4, -0.2) is 35.9 Å². The second kappa shape index (κ2) is 5.70. The Hall–Kier alpha value is -1.29. The summed E-state index contributed by atoms with van der Waals surface area (Å²) in [6.07, 6.45) is 1.49. The van der Waals surface area contributed by atoms with Gasteiger partial charge in [-0.25, -0.2) is 4.98 Å². The van der Waals surface area contributed by atoms with E-state index in [0.29, 0.717) is 29.5 Å². The Balaban J connectivity index is 3.06. The van der Waals surface area contributed by atoms with Crippen LogP contribution in [0.3, 0.4) is 0 Å². The predicted octanol–water partition coefficient (Wildman–Crippen LogP) is 2.26. The summed E-state index contributed by atoms with van der Waals surface area (Å²) >= 11 is 5.97. The van der Waals surface area contributed by atoms with E-state index >= 15 is 0 Å². The third kappa shape index (κ3) is 2.64. The molecule has 0 saturated heterocycles. The van der Waals surface area contributed by atoms with Crippen LogP contribution in [-0.2, 0) is 0 Å². The molecule has 4 nitrogen and oxygen atoms in total. The Bertz CT molecular complexity index is 377. The number of hydrogen-bond donors (Lipinski definition) is 1. The number of pyridine rings is 1. The molecule has 0 atom stereocenters. The zero-order chi connectivity index (χ0) is 12.1. The molecule has 0 aliphatic carbocycles. The molecule has 1 rings (SSSR count). The molecule has 16 heavy (non-hydrogen) atoms. The molecule has 1 N–H and O–H groups in total. The van der Waals surface area contributed by atoms with Gasteiger partial charge in [-0.2, -0.15) is 0 Å². The van der Waals surface area contributed by atoms with Gasteiger partial charge in [0.25, 0.3) is 5.91 Å². The number of carbonyl (C=O) groups is 1. The number of aromatic nitrogens is 1. The normalized spacial score (nSPS) is 10.0. The summed E-state index contributed by atoms with van der Waals surface area (Å²) in [5.74, 6) is 0.578. The highest BCUT2D eigenvalue weighted by atomic mass is 35.5. The van der Waals surface area contributed by atoms with Crippen LogP contribution < -0.4 is 5.32 Å². The van der Waals surface area contributed by atoms with Crippen LogP contribution in [0.15, 0.2) is 12.3 Å². The molecule has 1 aromatic rings. The summed E-state index contributed by atoms with van der Waals surface area (Å²) < 4.78 is 0. The molecule has 0 aliphatic rings. The van der Waals surface area contributed by atoms with E-state index in [-0.39, 0.29) is 5.91 Å². The van der Waals surface area contributed by atoms with Crippen molar-refractivity contribution in [2.75, 3.05) is 25.5 Å². The summed E-state index contributed by atoms with van der Waals surface area (Å²) in [7, 11) is 1.75. The van der Waals surface area contributed by atoms with Crippen molar-refractivity contribution in [2.45, 2.75) is 13.8 Å². The van der Waals surface area contributed by atoms with Gasteiger partial charge in [0.2, 0.25) is 0 Å². The quantitative estimate of drug-likeness (QED) is 0.880. The monoisotopic (exact) mass is 241 g/mol. The number of amides is 1. The minimum Gasteiger partial charge on any atom is -0.373 e. The van der Waals surface area contributed by atoms with E-state index in [2.05, 4.69) is 10.3 Å². The van der Waals surface area contributed by atoms with Crippen molar-refractivity contribution in [1.82, 2.24) is 9.88 Å². The lowest BCUT2D eigenvalue weighted by molar-refractivity contribution is 0.0773. The number of halogens is 1. The maximum Gasteiger partial charge on any atom is 0.255 e. The van der Waals surface area contributed by atoms with Gasteiger partial charge in [-0.3, -0.25) is 4.79 Å². The van der Waals surface area contributed by atoms with Crippen LogP contribution in [0.25, 0.3) is 0 Å². The van der Waals surface area contributed by atoms with Crippen molar-refractivity contribution in [3.63, 3.8) is 0 Å². The van der Waals surface area contributed by atoms with Crippen molar-refractivity contribution in [3.05, 3.63) is 22.8 Å². The van der Waals surface area contributed by atoms with Crippen LogP contribution in [0.2, 0.25) is 5.02 Å². The van der Waals surface area contributed by atoms with Crippen molar-refractivity contribution < 1.29 is 4.79 Å². The van der Waals surface area contributed by atoms with E-state index in [1.165, 1.54) is 6.20 Å². The molecule has 0 bridgehead atoms. The molecular weight excluding hydrogens is 226 g/mol. The van der Waals surface area contributed by atoms with Crippen molar-refractivity contribution in [3.8, 4) is 0 Å². The van der Waals surface area contributed by atoms with Crippen LogP contribution in [0.1, 0.15) is 24.2 Å². The zero-order valence-corrected chi connectivity index (χ0v) is 10.5. The molecule has 0 fully saturated rings. The summed E-state index contributed by atoms with van der Waals surface area (Å²) in [5.41, 5.74) is 0.490. The van der Waals surface area contributed by atoms with Crippen LogP contribution in [0.4, 0.5) is 5.82 Å². The first-order chi connectivity index (χ1) is 7.63. The maximum atomic E-state index is 12.1. The molecular formula is C11H16ClN3O. The van der Waals surface area contributed by atoms with Crippen molar-refractivity contribution >= 4 is 23.3 Å². The predicted molar refractivity (Wildman–Crippen MR) is 66.0 cm³/mol. The molecule has 1 heterocycles. The molecule has 0 aromatic carbocycles. The molecule has 0 aliphatic heterocycles. The van der Waals surface area contributed by atoms with E-state index in [4.69, 9.17) is 11.6 Å². The van der Waals surface area contributed by atoms with Gasteiger partial charge >= 0.3 is 0 Å². The second-order valence-corrected chi connectivity index (χ2v) is 3.68. The van der Waals surface area contributed by atoms with Gasteiger partial charge in [0.05, 0.1) is 10.6 Å². The summed E-state index contributed by atoms with van der Waals surface area (Å²) in [6, 6.07) is 1.67. The highest BCUT2D eigenvalue weighted by Crippen LogP contribution is 2.19. The lowest BCUT2D eigenvalue weighted by Crippen LogP contribution is -2.30. The number of rotatable bonds is 4. The summed E-state index contributed by atoms with van der Waals surface area (Å²) in [4.78, 5) is 17.8. The highest BCUT2D eigenvalue weighted by molar-refractivity contribution is 6.33. The third-order valence-corrected chi connectivity index (χ3v) is 2.69. The lowest BCUT2D eigenvalue weighted by Gasteiger charge is -2.19. The maximum absolute atomic E-state index is 12.1. The average Bonchev–Trinajstić information content (AvgIpc) is 2.31. The first-order valence-corrected chi connectivity index (χ1v) is 5.64. The van der Waals surface area contributed by atoms with Gasteiger partial charge in [0.1, 0.15) is 5.82 Å². The molecule has 88 valence electrons. The van der Waals surface area contributed by atoms with E-state index in [9.17, 15) is 4.79 Å². The van der Waals surface area contributed by atoms with Gasteiger partial charge in [0.15, 0.2) is 0 Å². The van der Waals surface area contributed by atoms with Gasteiger partial charge in [-0.05, 0) is 19.9 Å². The minimum atomic E-state index is -0.0612. The highest BCUT2D eigenvalue weighted by Gasteiger charge is 2.16. The Labute approximate surface area is 101 Å². The number of hydrogen-bond acceptors (Lipinski definition) is 3. The SMILES string of the molecule is CCN(CC)C(=O)c1cc(NC)ncc1Cl. The smallest absolute Gasteiger partial charge is 0.255 e. The third-order valence-electron chi connectivity index (χ3n) is 2.39. The largest absolute Gasteiger partial charge is 0.373 e. The Morgan fingerprint density at radius 1 is 1.50 bits per heavy atom. The van der Waals surface area contributed by atoms with E-state index in [1.807, 2.05) is 13.8 Å². The Morgan fingerprint density at radius 2 is 2.12 bits per heavy atom. The molecule has 0 saturated carbocycles. The van der Waals surface area contributed by atoms with Gasteiger partial charge in [-0.15, -0.1) is 0 Å². The van der Waals surface area contributed by atoms with Crippen molar-refractivity contribution in [1.29, 1.82) is 0 Å². The summed E-state index contributed by atoms with van der Waals surface area (Å²) in [6.45, 7) is 5.22. The molecule has 0 radical (unpaired) electrons. The molecule has 0 unspecified atom stereocenters. The summed E-state index contributed by atoms with van der Waals surface area (Å²) in [5, 5.41) is 3.27. The van der Waals surface area contributed by atoms with E-state index in [0.717, 1.165) is 0 Å². The van der Waals surface area contributed by atoms with E-state index < -0.39 is 0 Å². The van der Waals surface area contributed by atoms with Crippen LogP contribution in [0.5, 0.6) is 0 Å². The first kappa shape index (κ1) is 12.8. The molecule has 1 amide bonds. The second-order valence-electron chi connectivity index (χ2n) is 3.28. The number of nitrogens with one attached hydrogen (secondary N) is 1. The van der Waals surface area contributed by atoms with Crippen molar-refractivity contribution in [2.24, 2.45) is 0 Å². The Kier molecular flexibility index (Phi) is 4.55. The van der Waals surface area contributed by atoms with Crippen LogP contribution >= 0.6 is 11.6 Å². The minimum absolute atomic E-state index is 0.0612. The lowest BCUT2D eigenvalue weighted by atomic mass is 10.2. The fourth-order valence-electron chi connectivity index (χ4n) is 1.42. The zero-order valence-electron chi connectivity index (χ0n) is 9.75. The molecule has 5 heteroatoms. The average molecular weight is 242 g/mol. The molecule has 1 aromatic heterocycles. The standard InChI is InChI=1S/C11H16ClN3O/c1-4-15(5-2)11(16)8-6-10(13-3)14-7-9(8)12/h6-7H,4-5H2,1-3H3,(H,13,14). The fourth-order valence-corrected chi connectivity index (χ4v) is 1.60. The number of nitrogens with zero attached hydrogens (tertiary/aromatic N) is 2. The molecule has 0 spiro atoms. The Morgan fingerprint density at radius 3 is 2.62 bits per heavy atom. The van der Waals surface area contributed by atoms with Gasteiger partial charge < -0.3 is 10.2 Å². The topological polar surface area (TPSA) is 45.2 Å². The van der Waals surface area contributed by atoms with Crippen LogP contribution in [0, 0.1) is 0 Å². The van der Waals surface area contributed by atoms with Gasteiger partial charge in [0, 0.05) is 26.3 Å². The number of carbonyl (C=O) groups excluding carboxylic acids is 1.